The van der Waals surface area contributed by atoms with E-state index in [1.54, 1.807) is 6.92 Å². The van der Waals surface area contributed by atoms with Gasteiger partial charge < -0.3 is 4.74 Å². The van der Waals surface area contributed by atoms with Crippen LogP contribution in [0, 0.1) is 10.8 Å². The van der Waals surface area contributed by atoms with Crippen molar-refractivity contribution < 1.29 is 66.6 Å². The van der Waals surface area contributed by atoms with Gasteiger partial charge in [-0.25, -0.2) is 0 Å². The number of hydrogen-bond acceptors (Lipinski definition) is 2. The molecule has 0 amide bonds. The Kier molecular flexibility index (Phi) is 8.58. The predicted octanol–water partition coefficient (Wildman–Crippen LogP) is 7.51. The Hall–Kier alpha value is -1.44. The van der Waals surface area contributed by atoms with Crippen LogP contribution < -0.4 is 0 Å². The summed E-state index contributed by atoms with van der Waals surface area (Å²) in [5.74, 6) is -37.7. The molecule has 0 fully saturated rings. The van der Waals surface area contributed by atoms with E-state index in [9.17, 15) is 61.9 Å². The van der Waals surface area contributed by atoms with Gasteiger partial charge in [0.05, 0.1) is 12.0 Å². The van der Waals surface area contributed by atoms with E-state index in [4.69, 9.17) is 4.74 Å². The molecule has 33 heavy (non-hydrogen) atoms. The summed E-state index contributed by atoms with van der Waals surface area (Å²) in [6.07, 6.45) is -10.7. The van der Waals surface area contributed by atoms with Crippen LogP contribution in [-0.4, -0.2) is 48.4 Å². The molecule has 0 atom stereocenters. The molecule has 2 nitrogen and oxygen atoms in total. The fourth-order valence-corrected chi connectivity index (χ4v) is 2.13. The van der Waals surface area contributed by atoms with Crippen molar-refractivity contribution >= 4 is 5.97 Å². The summed E-state index contributed by atoms with van der Waals surface area (Å²) < 4.78 is 175. The third kappa shape index (κ3) is 5.80. The first-order valence-corrected chi connectivity index (χ1v) is 9.28. The predicted molar refractivity (Wildman–Crippen MR) is 88.8 cm³/mol. The molecular formula is C18H23F13O2. The van der Waals surface area contributed by atoms with Crippen LogP contribution in [0.1, 0.15) is 53.9 Å². The number of carbonyl (C=O) groups excluding carboxylic acids is 1. The lowest BCUT2D eigenvalue weighted by Gasteiger charge is -2.40. The first-order chi connectivity index (χ1) is 14.1. The zero-order valence-corrected chi connectivity index (χ0v) is 18.1. The highest BCUT2D eigenvalue weighted by atomic mass is 19.4. The van der Waals surface area contributed by atoms with Crippen LogP contribution >= 0.6 is 0 Å². The molecule has 0 aromatic heterocycles. The Bertz CT molecular complexity index is 694. The molecule has 198 valence electrons. The van der Waals surface area contributed by atoms with Gasteiger partial charge in [0, 0.05) is 6.42 Å². The smallest absolute Gasteiger partial charge is 0.460 e. The van der Waals surface area contributed by atoms with Gasteiger partial charge in [0.25, 0.3) is 0 Å². The van der Waals surface area contributed by atoms with Crippen LogP contribution in [-0.2, 0) is 9.53 Å². The summed E-state index contributed by atoms with van der Waals surface area (Å²) >= 11 is 0. The summed E-state index contributed by atoms with van der Waals surface area (Å²) in [6, 6.07) is 0. The van der Waals surface area contributed by atoms with Gasteiger partial charge in [-0.2, -0.15) is 57.1 Å². The summed E-state index contributed by atoms with van der Waals surface area (Å²) in [6.45, 7) is 5.92. The van der Waals surface area contributed by atoms with Gasteiger partial charge in [0.2, 0.25) is 0 Å². The van der Waals surface area contributed by atoms with E-state index in [0.29, 0.717) is 0 Å². The van der Waals surface area contributed by atoms with Crippen LogP contribution in [0.25, 0.3) is 0 Å². The molecule has 0 bridgehead atoms. The molecular weight excluding hydrogens is 495 g/mol. The lowest BCUT2D eigenvalue weighted by molar-refractivity contribution is -0.440. The number of ether oxygens (including phenoxy) is 1. The molecule has 0 aromatic rings. The Morgan fingerprint density at radius 2 is 1.03 bits per heavy atom. The van der Waals surface area contributed by atoms with E-state index in [0.717, 1.165) is 13.8 Å². The molecule has 15 heteroatoms. The van der Waals surface area contributed by atoms with Gasteiger partial charge in [-0.05, 0) is 32.1 Å². The van der Waals surface area contributed by atoms with Gasteiger partial charge in [-0.3, -0.25) is 4.79 Å². The quantitative estimate of drug-likeness (QED) is 0.209. The topological polar surface area (TPSA) is 26.3 Å². The molecule has 0 saturated heterocycles. The molecule has 0 radical (unpaired) electrons. The average molecular weight is 518 g/mol. The van der Waals surface area contributed by atoms with E-state index in [1.807, 2.05) is 0 Å². The second-order valence-corrected chi connectivity index (χ2v) is 8.98. The number of hydrogen-bond donors (Lipinski definition) is 0. The molecule has 0 heterocycles. The van der Waals surface area contributed by atoms with Crippen LogP contribution in [0.5, 0.6) is 0 Å². The highest BCUT2D eigenvalue weighted by Crippen LogP contribution is 2.61. The number of carbonyl (C=O) groups is 1. The van der Waals surface area contributed by atoms with Gasteiger partial charge >= 0.3 is 41.8 Å². The Morgan fingerprint density at radius 1 is 0.636 bits per heavy atom. The third-order valence-corrected chi connectivity index (χ3v) is 5.14. The van der Waals surface area contributed by atoms with Gasteiger partial charge in [-0.15, -0.1) is 0 Å². The Morgan fingerprint density at radius 3 is 1.39 bits per heavy atom. The van der Waals surface area contributed by atoms with Crippen molar-refractivity contribution in [2.24, 2.45) is 10.8 Å². The molecule has 0 spiro atoms. The van der Waals surface area contributed by atoms with Crippen LogP contribution in [0.4, 0.5) is 57.1 Å². The number of halogens is 13. The van der Waals surface area contributed by atoms with Crippen molar-refractivity contribution in [1.29, 1.82) is 0 Å². The van der Waals surface area contributed by atoms with E-state index in [1.165, 1.54) is 13.8 Å². The Balaban J connectivity index is 5.73. The molecule has 0 aliphatic rings. The Labute approximate surface area is 180 Å². The summed E-state index contributed by atoms with van der Waals surface area (Å²) in [5.41, 5.74) is -2.64. The van der Waals surface area contributed by atoms with Crippen molar-refractivity contribution in [3.05, 3.63) is 0 Å². The highest BCUT2D eigenvalue weighted by Gasteiger charge is 2.90. The first kappa shape index (κ1) is 31.6. The van der Waals surface area contributed by atoms with E-state index in [2.05, 4.69) is 0 Å². The second-order valence-electron chi connectivity index (χ2n) is 8.98. The molecule has 0 saturated carbocycles. The fraction of sp³-hybridized carbons (Fsp3) is 0.944. The maximum atomic E-state index is 13.9. The van der Waals surface area contributed by atoms with E-state index < -0.39 is 72.0 Å². The summed E-state index contributed by atoms with van der Waals surface area (Å²) in [7, 11) is 0. The summed E-state index contributed by atoms with van der Waals surface area (Å²) in [4.78, 5) is 11.9. The molecule has 0 unspecified atom stereocenters. The van der Waals surface area contributed by atoms with E-state index >= 15 is 0 Å². The molecule has 0 rings (SSSR count). The monoisotopic (exact) mass is 518 g/mol. The number of rotatable bonds is 11. The summed E-state index contributed by atoms with van der Waals surface area (Å²) in [5, 5.41) is 0. The zero-order valence-electron chi connectivity index (χ0n) is 18.1. The molecule has 0 N–H and O–H groups in total. The van der Waals surface area contributed by atoms with Crippen molar-refractivity contribution in [3.8, 4) is 0 Å². The normalized spacial score (nSPS) is 15.6. The van der Waals surface area contributed by atoms with Crippen molar-refractivity contribution in [1.82, 2.24) is 0 Å². The standard InChI is InChI=1S/C18H23F13O2/c1-6-12(4,5)10(32)33-9-11(2,3)7-8-13(19,20)14(21,22)15(23,24)16(25,26)17(27,28)18(29,30)31/h6-9H2,1-5H3. The second kappa shape index (κ2) is 8.97. The minimum Gasteiger partial charge on any atom is -0.465 e. The number of alkyl halides is 13. The van der Waals surface area contributed by atoms with E-state index in [-0.39, 0.29) is 6.42 Å². The highest BCUT2D eigenvalue weighted by molar-refractivity contribution is 5.75. The average Bonchev–Trinajstić information content (AvgIpc) is 2.63. The largest absolute Gasteiger partial charge is 0.465 e. The van der Waals surface area contributed by atoms with Gasteiger partial charge in [0.1, 0.15) is 0 Å². The lowest BCUT2D eigenvalue weighted by Crippen LogP contribution is -2.70. The molecule has 0 aromatic carbocycles. The minimum atomic E-state index is -7.91. The SMILES string of the molecule is CCC(C)(C)C(=O)OCC(C)(C)CCC(F)(F)C(F)(F)C(F)(F)C(F)(F)C(F)(F)C(F)(F)F. The minimum absolute atomic E-state index is 0.280. The third-order valence-electron chi connectivity index (χ3n) is 5.14. The lowest BCUT2D eigenvalue weighted by atomic mass is 9.84. The van der Waals surface area contributed by atoms with Crippen molar-refractivity contribution in [2.75, 3.05) is 6.61 Å². The molecule has 0 aliphatic heterocycles. The van der Waals surface area contributed by atoms with Gasteiger partial charge in [0.15, 0.2) is 0 Å². The number of esters is 1. The van der Waals surface area contributed by atoms with Crippen molar-refractivity contribution in [3.63, 3.8) is 0 Å². The fourth-order valence-electron chi connectivity index (χ4n) is 2.13. The van der Waals surface area contributed by atoms with Crippen LogP contribution in [0.15, 0.2) is 0 Å². The maximum absolute atomic E-state index is 13.9. The first-order valence-electron chi connectivity index (χ1n) is 9.28. The maximum Gasteiger partial charge on any atom is 0.460 e. The zero-order chi connectivity index (χ0) is 27.1. The van der Waals surface area contributed by atoms with Crippen LogP contribution in [0.2, 0.25) is 0 Å². The van der Waals surface area contributed by atoms with Crippen LogP contribution in [0.3, 0.4) is 0 Å². The molecule has 0 aliphatic carbocycles. The van der Waals surface area contributed by atoms with Gasteiger partial charge in [-0.1, -0.05) is 20.8 Å². The van der Waals surface area contributed by atoms with Crippen molar-refractivity contribution in [2.45, 2.75) is 89.7 Å².